The summed E-state index contributed by atoms with van der Waals surface area (Å²) in [6.45, 7) is 2.22. The summed E-state index contributed by atoms with van der Waals surface area (Å²) in [6, 6.07) is 4.13. The predicted octanol–water partition coefficient (Wildman–Crippen LogP) is 2.89. The Morgan fingerprint density at radius 3 is 2.89 bits per heavy atom. The maximum absolute atomic E-state index is 13.3. The Morgan fingerprint density at radius 1 is 1.36 bits per heavy atom. The van der Waals surface area contributed by atoms with Gasteiger partial charge in [0, 0.05) is 24.0 Å². The number of piperidine rings is 1. The fraction of sp³-hybridized carbons (Fsp3) is 0.474. The summed E-state index contributed by atoms with van der Waals surface area (Å²) in [5.41, 5.74) is 0.329. The average Bonchev–Trinajstić information content (AvgIpc) is 3.18. The Kier molecular flexibility index (Phi) is 5.39. The van der Waals surface area contributed by atoms with E-state index in [2.05, 4.69) is 10.5 Å². The molecule has 1 saturated heterocycles. The molecular formula is C19H23N3O4S2. The molecule has 0 aromatic carbocycles. The van der Waals surface area contributed by atoms with E-state index >= 15 is 0 Å². The third-order valence-corrected chi connectivity index (χ3v) is 7.91. The van der Waals surface area contributed by atoms with Gasteiger partial charge in [-0.1, -0.05) is 11.2 Å². The third-order valence-electron chi connectivity index (χ3n) is 5.05. The molecule has 0 bridgehead atoms. The lowest BCUT2D eigenvalue weighted by Crippen LogP contribution is -2.46. The zero-order chi connectivity index (χ0) is 19.7. The number of aryl methyl sites for hydroxylation is 1. The molecular weight excluding hydrogens is 398 g/mol. The topological polar surface area (TPSA) is 92.5 Å². The van der Waals surface area contributed by atoms with E-state index in [9.17, 15) is 13.2 Å². The van der Waals surface area contributed by atoms with Gasteiger partial charge < -0.3 is 9.84 Å². The lowest BCUT2D eigenvalue weighted by atomic mass is 9.99. The lowest BCUT2D eigenvalue weighted by Gasteiger charge is -2.31. The summed E-state index contributed by atoms with van der Waals surface area (Å²) in [6.07, 6.45) is 6.84. The number of aromatic nitrogens is 1. The molecule has 2 aromatic heterocycles. The molecule has 9 heteroatoms. The highest BCUT2D eigenvalue weighted by atomic mass is 32.2. The van der Waals surface area contributed by atoms with Gasteiger partial charge in [-0.2, -0.15) is 4.31 Å². The number of carbonyl (C=O) groups is 1. The van der Waals surface area contributed by atoms with Crippen molar-refractivity contribution in [2.45, 2.75) is 43.5 Å². The minimum absolute atomic E-state index is 0.0396. The SMILES string of the molecule is Cc1noc(/C=C/c2cccs2)c1S(=O)(=O)N1CCC[C@@H](C(=O)NC2CC2)C1. The van der Waals surface area contributed by atoms with Crippen LogP contribution in [0.2, 0.25) is 0 Å². The van der Waals surface area contributed by atoms with Gasteiger partial charge in [0.15, 0.2) is 10.7 Å². The first-order valence-electron chi connectivity index (χ1n) is 9.43. The second-order valence-electron chi connectivity index (χ2n) is 7.30. The van der Waals surface area contributed by atoms with Crippen molar-refractivity contribution >= 4 is 39.4 Å². The molecule has 0 radical (unpaired) electrons. The molecule has 1 aliphatic carbocycles. The van der Waals surface area contributed by atoms with Crippen molar-refractivity contribution in [3.05, 3.63) is 33.8 Å². The van der Waals surface area contributed by atoms with Gasteiger partial charge in [0.2, 0.25) is 15.9 Å². The van der Waals surface area contributed by atoms with Crippen LogP contribution < -0.4 is 5.32 Å². The van der Waals surface area contributed by atoms with Crippen LogP contribution in [0.3, 0.4) is 0 Å². The number of amides is 1. The smallest absolute Gasteiger partial charge is 0.248 e. The van der Waals surface area contributed by atoms with Crippen molar-refractivity contribution in [3.8, 4) is 0 Å². The Hall–Kier alpha value is -1.97. The van der Waals surface area contributed by atoms with Crippen molar-refractivity contribution in [2.24, 2.45) is 5.92 Å². The van der Waals surface area contributed by atoms with Crippen LogP contribution in [0.15, 0.2) is 26.9 Å². The Morgan fingerprint density at radius 2 is 2.18 bits per heavy atom. The van der Waals surface area contributed by atoms with E-state index in [4.69, 9.17) is 4.52 Å². The summed E-state index contributed by atoms with van der Waals surface area (Å²) in [5.74, 6) is -0.132. The van der Waals surface area contributed by atoms with Gasteiger partial charge in [-0.25, -0.2) is 8.42 Å². The molecule has 3 heterocycles. The molecule has 7 nitrogen and oxygen atoms in total. The molecule has 0 spiro atoms. The standard InChI is InChI=1S/C19H23N3O4S2/c1-13-18(17(26-21-13)9-8-16-5-3-11-27-16)28(24,25)22-10-2-4-14(12-22)19(23)20-15-6-7-15/h3,5,8-9,11,14-15H,2,4,6-7,10,12H2,1H3,(H,20,23)/b9-8+/t14-/m1/s1. The first-order chi connectivity index (χ1) is 13.4. The molecule has 4 rings (SSSR count). The molecule has 1 amide bonds. The van der Waals surface area contributed by atoms with Crippen molar-refractivity contribution in [3.63, 3.8) is 0 Å². The minimum atomic E-state index is -3.80. The predicted molar refractivity (Wildman–Crippen MR) is 107 cm³/mol. The van der Waals surface area contributed by atoms with Gasteiger partial charge in [-0.15, -0.1) is 11.3 Å². The van der Waals surface area contributed by atoms with Crippen molar-refractivity contribution < 1.29 is 17.7 Å². The largest absolute Gasteiger partial charge is 0.355 e. The molecule has 1 aliphatic heterocycles. The van der Waals surface area contributed by atoms with E-state index in [-0.39, 0.29) is 35.1 Å². The van der Waals surface area contributed by atoms with Gasteiger partial charge in [-0.05, 0) is 56.2 Å². The van der Waals surface area contributed by atoms with Gasteiger partial charge in [-0.3, -0.25) is 4.79 Å². The highest BCUT2D eigenvalue weighted by Crippen LogP contribution is 2.30. The number of hydrogen-bond acceptors (Lipinski definition) is 6. The number of hydrogen-bond donors (Lipinski definition) is 1. The first kappa shape index (κ1) is 19.4. The summed E-state index contributed by atoms with van der Waals surface area (Å²) in [4.78, 5) is 13.5. The normalized spacial score (nSPS) is 21.2. The molecule has 0 unspecified atom stereocenters. The van der Waals surface area contributed by atoms with Crippen LogP contribution in [0.4, 0.5) is 0 Å². The second-order valence-corrected chi connectivity index (χ2v) is 10.1. The van der Waals surface area contributed by atoms with E-state index in [1.807, 2.05) is 23.6 Å². The average molecular weight is 422 g/mol. The van der Waals surface area contributed by atoms with Crippen LogP contribution in [0.1, 0.15) is 42.0 Å². The van der Waals surface area contributed by atoms with E-state index in [0.29, 0.717) is 25.1 Å². The molecule has 2 aliphatic rings. The maximum atomic E-state index is 13.3. The third kappa shape index (κ3) is 4.06. The van der Waals surface area contributed by atoms with E-state index < -0.39 is 10.0 Å². The summed E-state index contributed by atoms with van der Waals surface area (Å²) < 4.78 is 33.3. The van der Waals surface area contributed by atoms with E-state index in [0.717, 1.165) is 17.7 Å². The highest BCUT2D eigenvalue weighted by Gasteiger charge is 2.37. The molecule has 28 heavy (non-hydrogen) atoms. The second kappa shape index (κ2) is 7.81. The molecule has 2 fully saturated rings. The van der Waals surface area contributed by atoms with Gasteiger partial charge in [0.05, 0.1) is 5.92 Å². The number of thiophene rings is 1. The molecule has 1 saturated carbocycles. The van der Waals surface area contributed by atoms with Crippen LogP contribution in [0, 0.1) is 12.8 Å². The Balaban J connectivity index is 1.55. The van der Waals surface area contributed by atoms with E-state index in [1.165, 1.54) is 4.31 Å². The van der Waals surface area contributed by atoms with Crippen molar-refractivity contribution in [2.75, 3.05) is 13.1 Å². The number of rotatable bonds is 6. The maximum Gasteiger partial charge on any atom is 0.248 e. The number of carbonyl (C=O) groups excluding carboxylic acids is 1. The Labute approximate surface area is 168 Å². The van der Waals surface area contributed by atoms with Crippen LogP contribution in [0.5, 0.6) is 0 Å². The number of nitrogens with one attached hydrogen (secondary N) is 1. The molecule has 150 valence electrons. The van der Waals surface area contributed by atoms with Crippen LogP contribution in [-0.4, -0.2) is 42.9 Å². The fourth-order valence-electron chi connectivity index (χ4n) is 3.39. The number of nitrogens with zero attached hydrogens (tertiary/aromatic N) is 2. The van der Waals surface area contributed by atoms with Gasteiger partial charge in [0.1, 0.15) is 5.69 Å². The Bertz CT molecular complexity index is 975. The van der Waals surface area contributed by atoms with Gasteiger partial charge >= 0.3 is 0 Å². The quantitative estimate of drug-likeness (QED) is 0.774. The molecule has 1 atom stereocenters. The van der Waals surface area contributed by atoms with Crippen LogP contribution in [-0.2, 0) is 14.8 Å². The zero-order valence-corrected chi connectivity index (χ0v) is 17.3. The summed E-state index contributed by atoms with van der Waals surface area (Å²) in [5, 5.41) is 8.81. The van der Waals surface area contributed by atoms with Gasteiger partial charge in [0.25, 0.3) is 0 Å². The summed E-state index contributed by atoms with van der Waals surface area (Å²) >= 11 is 1.55. The minimum Gasteiger partial charge on any atom is -0.355 e. The first-order valence-corrected chi connectivity index (χ1v) is 11.8. The highest BCUT2D eigenvalue weighted by molar-refractivity contribution is 7.89. The monoisotopic (exact) mass is 421 g/mol. The van der Waals surface area contributed by atoms with Crippen molar-refractivity contribution in [1.29, 1.82) is 0 Å². The molecule has 2 aromatic rings. The lowest BCUT2D eigenvalue weighted by molar-refractivity contribution is -0.126. The van der Waals surface area contributed by atoms with Crippen LogP contribution in [0.25, 0.3) is 12.2 Å². The zero-order valence-electron chi connectivity index (χ0n) is 15.6. The van der Waals surface area contributed by atoms with E-state index in [1.54, 1.807) is 24.3 Å². The fourth-order valence-corrected chi connectivity index (χ4v) is 5.79. The molecule has 1 N–H and O–H groups in total. The van der Waals surface area contributed by atoms with Crippen molar-refractivity contribution in [1.82, 2.24) is 14.8 Å². The summed E-state index contributed by atoms with van der Waals surface area (Å²) in [7, 11) is -3.80. The van der Waals surface area contributed by atoms with Crippen LogP contribution >= 0.6 is 11.3 Å². The number of sulfonamides is 1.